The minimum atomic E-state index is -4.51. The van der Waals surface area contributed by atoms with Crippen molar-refractivity contribution in [3.8, 4) is 0 Å². The van der Waals surface area contributed by atoms with Gasteiger partial charge in [0.15, 0.2) is 5.69 Å². The van der Waals surface area contributed by atoms with Crippen LogP contribution in [0.4, 0.5) is 24.9 Å². The topological polar surface area (TPSA) is 67.1 Å². The summed E-state index contributed by atoms with van der Waals surface area (Å²) in [5.74, 6) is 5.76. The van der Waals surface area contributed by atoms with Gasteiger partial charge in [-0.25, -0.2) is 10.8 Å². The highest BCUT2D eigenvalue weighted by atomic mass is 19.4. The summed E-state index contributed by atoms with van der Waals surface area (Å²) < 4.78 is 38.2. The average Bonchev–Trinajstić information content (AvgIpc) is 2.38. The normalized spacial score (nSPS) is 17.6. The smallest absolute Gasteiger partial charge is 0.356 e. The second-order valence-corrected chi connectivity index (χ2v) is 4.75. The van der Waals surface area contributed by atoms with Crippen molar-refractivity contribution in [2.75, 3.05) is 23.4 Å². The predicted octanol–water partition coefficient (Wildman–Crippen LogP) is 2.02. The highest BCUT2D eigenvalue weighted by Gasteiger charge is 2.34. The number of nitrogens with zero attached hydrogens (tertiary/aromatic N) is 3. The molecule has 8 heteroatoms. The lowest BCUT2D eigenvalue weighted by atomic mass is 9.99. The number of hydrogen-bond donors (Lipinski definition) is 2. The number of nitrogen functional groups attached to an aromatic ring is 1. The van der Waals surface area contributed by atoms with Crippen molar-refractivity contribution in [2.45, 2.75) is 25.9 Å². The fraction of sp³-hybridized carbons (Fsp3) is 0.636. The van der Waals surface area contributed by atoms with Crippen LogP contribution in [0, 0.1) is 5.92 Å². The number of nitrogens with two attached hydrogens (primary N) is 1. The van der Waals surface area contributed by atoms with E-state index in [2.05, 4.69) is 22.3 Å². The number of nitrogens with one attached hydrogen (secondary N) is 1. The number of rotatable bonds is 2. The molecule has 0 aliphatic carbocycles. The Labute approximate surface area is 109 Å². The molecule has 0 unspecified atom stereocenters. The van der Waals surface area contributed by atoms with E-state index in [0.717, 1.165) is 18.9 Å². The zero-order valence-corrected chi connectivity index (χ0v) is 10.5. The molecule has 106 valence electrons. The van der Waals surface area contributed by atoms with Gasteiger partial charge in [0.05, 0.1) is 0 Å². The van der Waals surface area contributed by atoms with Gasteiger partial charge in [0, 0.05) is 19.2 Å². The Hall–Kier alpha value is -1.57. The van der Waals surface area contributed by atoms with Gasteiger partial charge in [-0.3, -0.25) is 5.43 Å². The van der Waals surface area contributed by atoms with Crippen molar-refractivity contribution in [1.29, 1.82) is 0 Å². The molecule has 1 aromatic heterocycles. The van der Waals surface area contributed by atoms with Crippen molar-refractivity contribution in [3.05, 3.63) is 11.8 Å². The van der Waals surface area contributed by atoms with Crippen LogP contribution in [0.25, 0.3) is 0 Å². The Morgan fingerprint density at radius 3 is 2.47 bits per heavy atom. The third-order valence-electron chi connectivity index (χ3n) is 3.24. The Balaban J connectivity index is 2.29. The van der Waals surface area contributed by atoms with Crippen LogP contribution >= 0.6 is 0 Å². The minimum absolute atomic E-state index is 0.219. The molecule has 0 amide bonds. The molecule has 0 spiro atoms. The lowest BCUT2D eigenvalue weighted by Crippen LogP contribution is -2.34. The van der Waals surface area contributed by atoms with E-state index in [1.165, 1.54) is 0 Å². The molecule has 0 saturated carbocycles. The lowest BCUT2D eigenvalue weighted by Gasteiger charge is -2.31. The van der Waals surface area contributed by atoms with E-state index in [4.69, 9.17) is 5.84 Å². The van der Waals surface area contributed by atoms with Crippen LogP contribution in [0.3, 0.4) is 0 Å². The standard InChI is InChI=1S/C11H16F3N5/c1-7-2-4-19(5-3-7)9-6-8(11(12,13)14)16-10(17-9)18-15/h6-7H,2-5,15H2,1H3,(H,16,17,18). The van der Waals surface area contributed by atoms with Crippen LogP contribution in [0.5, 0.6) is 0 Å². The molecule has 0 atom stereocenters. The molecule has 2 rings (SSSR count). The number of hydrogen-bond acceptors (Lipinski definition) is 5. The summed E-state index contributed by atoms with van der Waals surface area (Å²) in [7, 11) is 0. The number of halogens is 3. The summed E-state index contributed by atoms with van der Waals surface area (Å²) in [6.07, 6.45) is -2.63. The van der Waals surface area contributed by atoms with Gasteiger partial charge in [-0.05, 0) is 18.8 Å². The summed E-state index contributed by atoms with van der Waals surface area (Å²) in [5.41, 5.74) is 1.10. The summed E-state index contributed by atoms with van der Waals surface area (Å²) in [6, 6.07) is 0.969. The van der Waals surface area contributed by atoms with Gasteiger partial charge in [-0.15, -0.1) is 0 Å². The Kier molecular flexibility index (Phi) is 3.79. The summed E-state index contributed by atoms with van der Waals surface area (Å²) in [5, 5.41) is 0. The molecule has 3 N–H and O–H groups in total. The van der Waals surface area contributed by atoms with E-state index in [0.29, 0.717) is 19.0 Å². The molecule has 2 heterocycles. The Morgan fingerprint density at radius 2 is 1.95 bits per heavy atom. The highest BCUT2D eigenvalue weighted by Crippen LogP contribution is 2.31. The lowest BCUT2D eigenvalue weighted by molar-refractivity contribution is -0.141. The maximum atomic E-state index is 12.7. The monoisotopic (exact) mass is 275 g/mol. The average molecular weight is 275 g/mol. The van der Waals surface area contributed by atoms with Gasteiger partial charge in [-0.1, -0.05) is 6.92 Å². The fourth-order valence-corrected chi connectivity index (χ4v) is 2.04. The van der Waals surface area contributed by atoms with Crippen LogP contribution in [0.15, 0.2) is 6.07 Å². The molecule has 5 nitrogen and oxygen atoms in total. The van der Waals surface area contributed by atoms with Crippen molar-refractivity contribution >= 4 is 11.8 Å². The third kappa shape index (κ3) is 3.25. The second kappa shape index (κ2) is 5.20. The summed E-state index contributed by atoms with van der Waals surface area (Å²) >= 11 is 0. The van der Waals surface area contributed by atoms with E-state index in [9.17, 15) is 13.2 Å². The number of hydrazine groups is 1. The third-order valence-corrected chi connectivity index (χ3v) is 3.24. The summed E-state index contributed by atoms with van der Waals surface area (Å²) in [6.45, 7) is 3.52. The summed E-state index contributed by atoms with van der Waals surface area (Å²) in [4.78, 5) is 9.16. The first kappa shape index (κ1) is 13.9. The largest absolute Gasteiger partial charge is 0.433 e. The van der Waals surface area contributed by atoms with Crippen LogP contribution in [-0.2, 0) is 6.18 Å². The second-order valence-electron chi connectivity index (χ2n) is 4.75. The Morgan fingerprint density at radius 1 is 1.32 bits per heavy atom. The maximum Gasteiger partial charge on any atom is 0.433 e. The van der Waals surface area contributed by atoms with E-state index in [1.807, 2.05) is 4.90 Å². The van der Waals surface area contributed by atoms with E-state index < -0.39 is 11.9 Å². The molecule has 1 fully saturated rings. The van der Waals surface area contributed by atoms with Gasteiger partial charge in [0.25, 0.3) is 0 Å². The molecule has 19 heavy (non-hydrogen) atoms. The van der Waals surface area contributed by atoms with Gasteiger partial charge in [0.1, 0.15) is 5.82 Å². The van der Waals surface area contributed by atoms with Crippen molar-refractivity contribution in [1.82, 2.24) is 9.97 Å². The Bertz CT molecular complexity index is 440. The quantitative estimate of drug-likeness (QED) is 0.638. The van der Waals surface area contributed by atoms with Crippen LogP contribution in [0.2, 0.25) is 0 Å². The van der Waals surface area contributed by atoms with Crippen LogP contribution < -0.4 is 16.2 Å². The van der Waals surface area contributed by atoms with Crippen molar-refractivity contribution in [2.24, 2.45) is 11.8 Å². The first-order chi connectivity index (χ1) is 8.90. The molecule has 0 radical (unpaired) electrons. The molecule has 0 aromatic carbocycles. The predicted molar refractivity (Wildman–Crippen MR) is 65.5 cm³/mol. The molecule has 1 aliphatic heterocycles. The van der Waals surface area contributed by atoms with Crippen molar-refractivity contribution < 1.29 is 13.2 Å². The molecule has 1 saturated heterocycles. The number of alkyl halides is 3. The zero-order chi connectivity index (χ0) is 14.0. The molecule has 0 bridgehead atoms. The van der Waals surface area contributed by atoms with Gasteiger partial charge in [0.2, 0.25) is 5.95 Å². The number of aromatic nitrogens is 2. The van der Waals surface area contributed by atoms with Crippen molar-refractivity contribution in [3.63, 3.8) is 0 Å². The molecule has 1 aliphatic rings. The van der Waals surface area contributed by atoms with E-state index in [-0.39, 0.29) is 11.8 Å². The van der Waals surface area contributed by atoms with Gasteiger partial charge >= 0.3 is 6.18 Å². The van der Waals surface area contributed by atoms with Crippen LogP contribution in [-0.4, -0.2) is 23.1 Å². The van der Waals surface area contributed by atoms with Crippen LogP contribution in [0.1, 0.15) is 25.5 Å². The van der Waals surface area contributed by atoms with E-state index >= 15 is 0 Å². The minimum Gasteiger partial charge on any atom is -0.356 e. The zero-order valence-electron chi connectivity index (χ0n) is 10.5. The van der Waals surface area contributed by atoms with Gasteiger partial charge < -0.3 is 4.90 Å². The van der Waals surface area contributed by atoms with Gasteiger partial charge in [-0.2, -0.15) is 18.2 Å². The molecule has 1 aromatic rings. The number of piperidine rings is 1. The first-order valence-electron chi connectivity index (χ1n) is 6.08. The molecular weight excluding hydrogens is 259 g/mol. The number of anilines is 2. The molecular formula is C11H16F3N5. The SMILES string of the molecule is CC1CCN(c2cc(C(F)(F)F)nc(NN)n2)CC1. The maximum absolute atomic E-state index is 12.7. The first-order valence-corrected chi connectivity index (χ1v) is 6.08. The highest BCUT2D eigenvalue weighted by molar-refractivity contribution is 5.45. The van der Waals surface area contributed by atoms with E-state index in [1.54, 1.807) is 0 Å². The fourth-order valence-electron chi connectivity index (χ4n) is 2.04.